The molecule has 2 unspecified atom stereocenters. The maximum atomic E-state index is 12.8. The monoisotopic (exact) mass is 350 g/mol. The third-order valence-electron chi connectivity index (χ3n) is 4.54. The second kappa shape index (κ2) is 7.68. The van der Waals surface area contributed by atoms with Gasteiger partial charge in [-0.25, -0.2) is 0 Å². The van der Waals surface area contributed by atoms with E-state index in [1.807, 2.05) is 37.1 Å². The molecule has 0 saturated carbocycles. The lowest BCUT2D eigenvalue weighted by Crippen LogP contribution is -2.49. The predicted octanol–water partition coefficient (Wildman–Crippen LogP) is 3.85. The van der Waals surface area contributed by atoms with E-state index in [0.29, 0.717) is 12.5 Å². The Hall–Kier alpha value is -1.36. The molecule has 1 saturated heterocycles. The van der Waals surface area contributed by atoms with Crippen molar-refractivity contribution in [2.24, 2.45) is 17.3 Å². The van der Waals surface area contributed by atoms with Gasteiger partial charge in [-0.3, -0.25) is 9.59 Å². The van der Waals surface area contributed by atoms with Crippen LogP contribution in [0.1, 0.15) is 58.4 Å². The molecule has 5 heteroatoms. The lowest BCUT2D eigenvalue weighted by Gasteiger charge is -2.36. The number of nitrogens with zero attached hydrogens (tertiary/aromatic N) is 1. The molecule has 1 aromatic rings. The summed E-state index contributed by atoms with van der Waals surface area (Å²) >= 11 is 1.68. The topological polar surface area (TPSA) is 49.4 Å². The molecule has 4 nitrogen and oxygen atoms in total. The second-order valence-electron chi connectivity index (χ2n) is 8.09. The van der Waals surface area contributed by atoms with Crippen LogP contribution in [0.4, 0.5) is 0 Å². The Labute approximate surface area is 149 Å². The van der Waals surface area contributed by atoms with Crippen molar-refractivity contribution in [1.29, 1.82) is 0 Å². The van der Waals surface area contributed by atoms with Crippen LogP contribution >= 0.6 is 11.3 Å². The zero-order valence-corrected chi connectivity index (χ0v) is 16.3. The van der Waals surface area contributed by atoms with Crippen molar-refractivity contribution in [3.05, 3.63) is 22.4 Å². The number of piperidine rings is 1. The van der Waals surface area contributed by atoms with Crippen LogP contribution in [0.5, 0.6) is 0 Å². The van der Waals surface area contributed by atoms with Crippen LogP contribution in [0, 0.1) is 17.3 Å². The second-order valence-corrected chi connectivity index (χ2v) is 9.07. The van der Waals surface area contributed by atoms with Gasteiger partial charge in [0, 0.05) is 23.4 Å². The standard InChI is InChI=1S/C19H30N2O2S/c1-13(2)16(15-9-7-11-24-15)20-17(22)14-8-6-10-21(12-14)18(23)19(3,4)5/h7,9,11,13-14,16H,6,8,10,12H2,1-5H3,(H,20,22). The number of thiophene rings is 1. The Bertz CT molecular complexity index is 560. The zero-order valence-electron chi connectivity index (χ0n) is 15.5. The highest BCUT2D eigenvalue weighted by molar-refractivity contribution is 7.10. The van der Waals surface area contributed by atoms with Crippen molar-refractivity contribution in [2.45, 2.75) is 53.5 Å². The summed E-state index contributed by atoms with van der Waals surface area (Å²) in [6.45, 7) is 11.4. The molecule has 2 rings (SSSR count). The normalized spacial score (nSPS) is 20.1. The molecule has 2 atom stereocenters. The fourth-order valence-electron chi connectivity index (χ4n) is 3.16. The van der Waals surface area contributed by atoms with Crippen LogP contribution in [0.15, 0.2) is 17.5 Å². The van der Waals surface area contributed by atoms with E-state index in [0.717, 1.165) is 19.4 Å². The van der Waals surface area contributed by atoms with Gasteiger partial charge in [-0.05, 0) is 30.2 Å². The van der Waals surface area contributed by atoms with E-state index in [1.165, 1.54) is 4.88 Å². The van der Waals surface area contributed by atoms with E-state index in [2.05, 4.69) is 25.2 Å². The number of hydrogen-bond acceptors (Lipinski definition) is 3. The molecule has 24 heavy (non-hydrogen) atoms. The van der Waals surface area contributed by atoms with E-state index < -0.39 is 5.41 Å². The van der Waals surface area contributed by atoms with Crippen molar-refractivity contribution in [3.8, 4) is 0 Å². The molecule has 0 spiro atoms. The Kier molecular flexibility index (Phi) is 6.07. The molecule has 0 aromatic carbocycles. The average molecular weight is 351 g/mol. The van der Waals surface area contributed by atoms with E-state index in [1.54, 1.807) is 11.3 Å². The van der Waals surface area contributed by atoms with Gasteiger partial charge in [0.1, 0.15) is 0 Å². The summed E-state index contributed by atoms with van der Waals surface area (Å²) in [7, 11) is 0. The first kappa shape index (κ1) is 19.0. The fraction of sp³-hybridized carbons (Fsp3) is 0.684. The van der Waals surface area contributed by atoms with Gasteiger partial charge >= 0.3 is 0 Å². The largest absolute Gasteiger partial charge is 0.348 e. The van der Waals surface area contributed by atoms with Crippen LogP contribution in [-0.4, -0.2) is 29.8 Å². The van der Waals surface area contributed by atoms with E-state index in [4.69, 9.17) is 0 Å². The van der Waals surface area contributed by atoms with E-state index in [-0.39, 0.29) is 23.8 Å². The Morgan fingerprint density at radius 1 is 1.33 bits per heavy atom. The number of hydrogen-bond donors (Lipinski definition) is 1. The maximum Gasteiger partial charge on any atom is 0.227 e. The molecule has 1 aliphatic heterocycles. The van der Waals surface area contributed by atoms with Crippen molar-refractivity contribution in [2.75, 3.05) is 13.1 Å². The minimum Gasteiger partial charge on any atom is -0.348 e. The van der Waals surface area contributed by atoms with Gasteiger partial charge in [0.15, 0.2) is 0 Å². The molecular formula is C19H30N2O2S. The molecule has 1 aliphatic rings. The highest BCUT2D eigenvalue weighted by Gasteiger charge is 2.34. The summed E-state index contributed by atoms with van der Waals surface area (Å²) in [6, 6.07) is 4.14. The smallest absolute Gasteiger partial charge is 0.227 e. The van der Waals surface area contributed by atoms with Gasteiger partial charge in [-0.15, -0.1) is 11.3 Å². The van der Waals surface area contributed by atoms with E-state index in [9.17, 15) is 9.59 Å². The first-order chi connectivity index (χ1) is 11.2. The molecule has 0 radical (unpaired) electrons. The number of carbonyl (C=O) groups excluding carboxylic acids is 2. The van der Waals surface area contributed by atoms with Gasteiger partial charge in [0.05, 0.1) is 12.0 Å². The molecule has 0 bridgehead atoms. The van der Waals surface area contributed by atoms with Gasteiger partial charge in [-0.2, -0.15) is 0 Å². The quantitative estimate of drug-likeness (QED) is 0.897. The van der Waals surface area contributed by atoms with Gasteiger partial charge in [0.25, 0.3) is 0 Å². The summed E-state index contributed by atoms with van der Waals surface area (Å²) in [5, 5.41) is 5.26. The lowest BCUT2D eigenvalue weighted by atomic mass is 9.90. The van der Waals surface area contributed by atoms with Gasteiger partial charge < -0.3 is 10.2 Å². The van der Waals surface area contributed by atoms with Crippen LogP contribution in [0.25, 0.3) is 0 Å². The van der Waals surface area contributed by atoms with Crippen molar-refractivity contribution in [1.82, 2.24) is 10.2 Å². The molecule has 2 heterocycles. The molecule has 1 aromatic heterocycles. The fourth-order valence-corrected chi connectivity index (χ4v) is 4.10. The van der Waals surface area contributed by atoms with Crippen LogP contribution in [-0.2, 0) is 9.59 Å². The Morgan fingerprint density at radius 2 is 2.04 bits per heavy atom. The Morgan fingerprint density at radius 3 is 2.58 bits per heavy atom. The molecule has 1 N–H and O–H groups in total. The van der Waals surface area contributed by atoms with Crippen molar-refractivity contribution < 1.29 is 9.59 Å². The lowest BCUT2D eigenvalue weighted by molar-refractivity contribution is -0.143. The number of amides is 2. The number of nitrogens with one attached hydrogen (secondary N) is 1. The SMILES string of the molecule is CC(C)C(NC(=O)C1CCCN(C(=O)C(C)(C)C)C1)c1cccs1. The molecule has 0 aliphatic carbocycles. The third-order valence-corrected chi connectivity index (χ3v) is 5.49. The minimum atomic E-state index is -0.393. The highest BCUT2D eigenvalue weighted by Crippen LogP contribution is 2.28. The predicted molar refractivity (Wildman–Crippen MR) is 98.8 cm³/mol. The summed E-state index contributed by atoms with van der Waals surface area (Å²) in [4.78, 5) is 28.3. The number of likely N-dealkylation sites (tertiary alicyclic amines) is 1. The van der Waals surface area contributed by atoms with E-state index >= 15 is 0 Å². The van der Waals surface area contributed by atoms with Gasteiger partial charge in [0.2, 0.25) is 11.8 Å². The van der Waals surface area contributed by atoms with Crippen molar-refractivity contribution in [3.63, 3.8) is 0 Å². The van der Waals surface area contributed by atoms with Crippen molar-refractivity contribution >= 4 is 23.2 Å². The zero-order chi connectivity index (χ0) is 17.9. The first-order valence-electron chi connectivity index (χ1n) is 8.83. The summed E-state index contributed by atoms with van der Waals surface area (Å²) in [5.74, 6) is 0.446. The molecule has 2 amide bonds. The number of rotatable bonds is 4. The summed E-state index contributed by atoms with van der Waals surface area (Å²) < 4.78 is 0. The first-order valence-corrected chi connectivity index (χ1v) is 9.71. The maximum absolute atomic E-state index is 12.8. The molecular weight excluding hydrogens is 320 g/mol. The van der Waals surface area contributed by atoms with Crippen LogP contribution in [0.2, 0.25) is 0 Å². The minimum absolute atomic E-state index is 0.0474. The summed E-state index contributed by atoms with van der Waals surface area (Å²) in [5.41, 5.74) is -0.393. The molecule has 134 valence electrons. The van der Waals surface area contributed by atoms with Crippen LogP contribution < -0.4 is 5.32 Å². The highest BCUT2D eigenvalue weighted by atomic mass is 32.1. The Balaban J connectivity index is 2.02. The number of carbonyl (C=O) groups is 2. The summed E-state index contributed by atoms with van der Waals surface area (Å²) in [6.07, 6.45) is 1.75. The third kappa shape index (κ3) is 4.59. The van der Waals surface area contributed by atoms with Gasteiger partial charge in [-0.1, -0.05) is 40.7 Å². The average Bonchev–Trinajstić information content (AvgIpc) is 3.04. The molecule has 1 fully saturated rings. The van der Waals surface area contributed by atoms with Crippen LogP contribution in [0.3, 0.4) is 0 Å².